The molecule has 0 bridgehead atoms. The highest BCUT2D eigenvalue weighted by Gasteiger charge is 2.47. The van der Waals surface area contributed by atoms with Crippen molar-refractivity contribution in [2.24, 2.45) is 17.8 Å². The Morgan fingerprint density at radius 3 is 2.65 bits per heavy atom. The Balaban J connectivity index is 2.48. The van der Waals surface area contributed by atoms with E-state index in [0.717, 1.165) is 24.2 Å². The van der Waals surface area contributed by atoms with Gasteiger partial charge in [-0.05, 0) is 71.3 Å². The SMILES string of the molecule is C/C=C(/C#N)C1=C(/C=C(\C)CCCCC)OC(C)(C)C2CCC(C)CC12. The van der Waals surface area contributed by atoms with Gasteiger partial charge in [0.25, 0.3) is 0 Å². The summed E-state index contributed by atoms with van der Waals surface area (Å²) in [5.41, 5.74) is 3.16. The van der Waals surface area contributed by atoms with E-state index in [1.54, 1.807) is 0 Å². The number of nitrogens with zero attached hydrogens (tertiary/aromatic N) is 1. The first-order valence-electron chi connectivity index (χ1n) is 10.5. The number of fused-ring (bicyclic) bond motifs is 1. The Morgan fingerprint density at radius 1 is 1.31 bits per heavy atom. The van der Waals surface area contributed by atoms with Crippen LogP contribution < -0.4 is 0 Å². The van der Waals surface area contributed by atoms with E-state index < -0.39 is 0 Å². The van der Waals surface area contributed by atoms with Gasteiger partial charge in [-0.1, -0.05) is 44.8 Å². The smallest absolute Gasteiger partial charge is 0.124 e. The average Bonchev–Trinajstić information content (AvgIpc) is 2.58. The fourth-order valence-electron chi connectivity index (χ4n) is 4.80. The molecule has 0 saturated heterocycles. The minimum Gasteiger partial charge on any atom is -0.487 e. The molecule has 0 aromatic carbocycles. The van der Waals surface area contributed by atoms with Crippen molar-refractivity contribution in [3.8, 4) is 6.07 Å². The maximum Gasteiger partial charge on any atom is 0.124 e. The molecule has 0 spiro atoms. The van der Waals surface area contributed by atoms with E-state index in [1.165, 1.54) is 43.3 Å². The first-order valence-corrected chi connectivity index (χ1v) is 10.5. The van der Waals surface area contributed by atoms with Crippen molar-refractivity contribution in [2.75, 3.05) is 0 Å². The van der Waals surface area contributed by atoms with Gasteiger partial charge in [0.1, 0.15) is 11.4 Å². The van der Waals surface area contributed by atoms with Crippen LogP contribution >= 0.6 is 0 Å². The van der Waals surface area contributed by atoms with Crippen LogP contribution in [0.1, 0.15) is 86.5 Å². The van der Waals surface area contributed by atoms with Crippen molar-refractivity contribution in [3.63, 3.8) is 0 Å². The molecule has 0 aromatic rings. The quantitative estimate of drug-likeness (QED) is 0.376. The second-order valence-electron chi connectivity index (χ2n) is 8.88. The third-order valence-electron chi connectivity index (χ3n) is 6.27. The molecule has 1 aliphatic carbocycles. The van der Waals surface area contributed by atoms with Crippen molar-refractivity contribution in [1.29, 1.82) is 5.26 Å². The Kier molecular flexibility index (Phi) is 7.16. The molecule has 1 aliphatic heterocycles. The molecule has 2 aliphatic rings. The van der Waals surface area contributed by atoms with Crippen LogP contribution in [0, 0.1) is 29.1 Å². The van der Waals surface area contributed by atoms with Gasteiger partial charge in [0.2, 0.25) is 0 Å². The van der Waals surface area contributed by atoms with Crippen LogP contribution in [0.2, 0.25) is 0 Å². The maximum absolute atomic E-state index is 9.76. The van der Waals surface area contributed by atoms with Crippen LogP contribution in [-0.4, -0.2) is 5.60 Å². The molecule has 2 rings (SSSR count). The fraction of sp³-hybridized carbons (Fsp3) is 0.708. The second-order valence-corrected chi connectivity index (χ2v) is 8.88. The zero-order valence-electron chi connectivity index (χ0n) is 17.7. The number of nitriles is 1. The lowest BCUT2D eigenvalue weighted by atomic mass is 9.63. The van der Waals surface area contributed by atoms with Crippen molar-refractivity contribution in [2.45, 2.75) is 92.1 Å². The van der Waals surface area contributed by atoms with E-state index in [0.29, 0.717) is 17.8 Å². The van der Waals surface area contributed by atoms with Crippen LogP contribution in [0.25, 0.3) is 0 Å². The van der Waals surface area contributed by atoms with E-state index >= 15 is 0 Å². The molecule has 1 heterocycles. The third kappa shape index (κ3) is 4.61. The molecule has 1 fully saturated rings. The van der Waals surface area contributed by atoms with Gasteiger partial charge in [0.05, 0.1) is 11.6 Å². The highest BCUT2D eigenvalue weighted by molar-refractivity contribution is 5.49. The molecule has 2 nitrogen and oxygen atoms in total. The lowest BCUT2D eigenvalue weighted by molar-refractivity contribution is -0.0672. The van der Waals surface area contributed by atoms with Gasteiger partial charge in [0, 0.05) is 11.5 Å². The summed E-state index contributed by atoms with van der Waals surface area (Å²) in [7, 11) is 0. The van der Waals surface area contributed by atoms with E-state index in [-0.39, 0.29) is 5.60 Å². The second kappa shape index (κ2) is 8.94. The molecular formula is C24H37NO. The van der Waals surface area contributed by atoms with Gasteiger partial charge in [-0.25, -0.2) is 0 Å². The Labute approximate surface area is 161 Å². The summed E-state index contributed by atoms with van der Waals surface area (Å²) in [4.78, 5) is 0. The van der Waals surface area contributed by atoms with E-state index in [4.69, 9.17) is 4.74 Å². The fourth-order valence-corrected chi connectivity index (χ4v) is 4.80. The lowest BCUT2D eigenvalue weighted by Crippen LogP contribution is -2.46. The monoisotopic (exact) mass is 355 g/mol. The van der Waals surface area contributed by atoms with Crippen LogP contribution in [0.15, 0.2) is 34.6 Å². The predicted molar refractivity (Wildman–Crippen MR) is 109 cm³/mol. The molecule has 0 aromatic heterocycles. The van der Waals surface area contributed by atoms with Gasteiger partial charge >= 0.3 is 0 Å². The Hall–Kier alpha value is -1.49. The molecular weight excluding hydrogens is 318 g/mol. The van der Waals surface area contributed by atoms with Gasteiger partial charge in [-0.15, -0.1) is 0 Å². The molecule has 0 amide bonds. The number of ether oxygens (including phenoxy) is 1. The number of hydrogen-bond acceptors (Lipinski definition) is 2. The van der Waals surface area contributed by atoms with Crippen LogP contribution in [0.4, 0.5) is 0 Å². The zero-order chi connectivity index (χ0) is 19.3. The van der Waals surface area contributed by atoms with Gasteiger partial charge < -0.3 is 4.74 Å². The minimum atomic E-state index is -0.169. The molecule has 144 valence electrons. The van der Waals surface area contributed by atoms with Gasteiger partial charge in [0.15, 0.2) is 0 Å². The lowest BCUT2D eigenvalue weighted by Gasteiger charge is -2.49. The average molecular weight is 356 g/mol. The summed E-state index contributed by atoms with van der Waals surface area (Å²) >= 11 is 0. The standard InChI is InChI=1S/C24H37NO/c1-7-9-10-11-17(3)15-22-23(19(8-2)16-25)20-14-18(4)12-13-21(20)24(5,6)26-22/h8,15,18,20-21H,7,9-14H2,1-6H3/b17-15+,19-8-. The molecule has 0 N–H and O–H groups in total. The molecule has 3 unspecified atom stereocenters. The Morgan fingerprint density at radius 2 is 2.04 bits per heavy atom. The molecule has 3 atom stereocenters. The Bertz CT molecular complexity index is 629. The minimum absolute atomic E-state index is 0.169. The van der Waals surface area contributed by atoms with E-state index in [9.17, 15) is 5.26 Å². The summed E-state index contributed by atoms with van der Waals surface area (Å²) < 4.78 is 6.56. The topological polar surface area (TPSA) is 33.0 Å². The number of rotatable bonds is 6. The normalized spacial score (nSPS) is 29.0. The van der Waals surface area contributed by atoms with Crippen LogP contribution in [0.5, 0.6) is 0 Å². The third-order valence-corrected chi connectivity index (χ3v) is 6.27. The van der Waals surface area contributed by atoms with Crippen molar-refractivity contribution < 1.29 is 4.74 Å². The van der Waals surface area contributed by atoms with Crippen molar-refractivity contribution in [3.05, 3.63) is 34.6 Å². The number of allylic oxidation sites excluding steroid dienone is 5. The molecule has 0 radical (unpaired) electrons. The summed E-state index contributed by atoms with van der Waals surface area (Å²) in [6.07, 6.45) is 12.7. The van der Waals surface area contributed by atoms with Crippen molar-refractivity contribution >= 4 is 0 Å². The molecule has 26 heavy (non-hydrogen) atoms. The maximum atomic E-state index is 9.76. The zero-order valence-corrected chi connectivity index (χ0v) is 17.7. The van der Waals surface area contributed by atoms with Gasteiger partial charge in [-0.2, -0.15) is 5.26 Å². The first-order chi connectivity index (χ1) is 12.3. The van der Waals surface area contributed by atoms with Gasteiger partial charge in [-0.3, -0.25) is 0 Å². The van der Waals surface area contributed by atoms with Crippen LogP contribution in [0.3, 0.4) is 0 Å². The summed E-state index contributed by atoms with van der Waals surface area (Å²) in [6, 6.07) is 2.45. The van der Waals surface area contributed by atoms with Crippen molar-refractivity contribution in [1.82, 2.24) is 0 Å². The molecule has 1 saturated carbocycles. The highest BCUT2D eigenvalue weighted by atomic mass is 16.5. The molecule has 2 heteroatoms. The highest BCUT2D eigenvalue weighted by Crippen LogP contribution is 2.51. The van der Waals surface area contributed by atoms with E-state index in [2.05, 4.69) is 46.8 Å². The number of unbranched alkanes of at least 4 members (excludes halogenated alkanes) is 2. The van der Waals surface area contributed by atoms with Crippen LogP contribution in [-0.2, 0) is 4.74 Å². The van der Waals surface area contributed by atoms with E-state index in [1.807, 2.05) is 13.0 Å². The predicted octanol–water partition coefficient (Wildman–Crippen LogP) is 7.10. The summed E-state index contributed by atoms with van der Waals surface area (Å²) in [5, 5.41) is 9.76. The summed E-state index contributed by atoms with van der Waals surface area (Å²) in [5.74, 6) is 2.60. The largest absolute Gasteiger partial charge is 0.487 e. The first kappa shape index (κ1) is 20.8. The number of hydrogen-bond donors (Lipinski definition) is 0. The summed E-state index contributed by atoms with van der Waals surface area (Å²) in [6.45, 7) is 13.2.